The van der Waals surface area contributed by atoms with Gasteiger partial charge >= 0.3 is 0 Å². The molecule has 2 saturated carbocycles. The number of hydrogen-bond donors (Lipinski definition) is 1. The fourth-order valence-corrected chi connectivity index (χ4v) is 3.77. The van der Waals surface area contributed by atoms with E-state index in [1.54, 1.807) is 6.07 Å². The monoisotopic (exact) mass is 315 g/mol. The number of benzene rings is 1. The Hall–Kier alpha value is -1.91. The van der Waals surface area contributed by atoms with Crippen LogP contribution in [0.2, 0.25) is 0 Å². The zero-order chi connectivity index (χ0) is 16.0. The van der Waals surface area contributed by atoms with Gasteiger partial charge in [0.15, 0.2) is 0 Å². The van der Waals surface area contributed by atoms with E-state index < -0.39 is 0 Å². The highest BCUT2D eigenvalue weighted by Gasteiger charge is 2.48. The van der Waals surface area contributed by atoms with Gasteiger partial charge in [-0.2, -0.15) is 0 Å². The smallest absolute Gasteiger partial charge is 0.223 e. The average Bonchev–Trinajstić information content (AvgIpc) is 3.18. The molecule has 0 radical (unpaired) electrons. The van der Waals surface area contributed by atoms with Crippen LogP contribution in [0.1, 0.15) is 31.5 Å². The van der Waals surface area contributed by atoms with E-state index in [-0.39, 0.29) is 17.6 Å². The largest absolute Gasteiger partial charge is 0.355 e. The number of nitrogens with one attached hydrogen (secondary N) is 1. The summed E-state index contributed by atoms with van der Waals surface area (Å²) in [6.07, 6.45) is 5.69. The third kappa shape index (κ3) is 2.73. The van der Waals surface area contributed by atoms with Crippen molar-refractivity contribution in [2.75, 3.05) is 6.54 Å². The Kier molecular flexibility index (Phi) is 3.58. The zero-order valence-electron chi connectivity index (χ0n) is 13.4. The Labute approximate surface area is 135 Å². The lowest BCUT2D eigenvalue weighted by Gasteiger charge is -2.25. The Morgan fingerprint density at radius 1 is 1.43 bits per heavy atom. The highest BCUT2D eigenvalue weighted by molar-refractivity contribution is 5.81. The van der Waals surface area contributed by atoms with Crippen molar-refractivity contribution in [3.8, 4) is 0 Å². The maximum absolute atomic E-state index is 13.3. The van der Waals surface area contributed by atoms with Crippen molar-refractivity contribution >= 4 is 16.9 Å². The predicted octanol–water partition coefficient (Wildman–Crippen LogP) is 2.81. The molecule has 1 amide bonds. The standard InChI is InChI=1S/C18H22FN3O/c1-22-16-9-12(19)5-6-15(16)21-17(22)7-8-20-18(23)14-10-13(14)11-3-2-4-11/h5-6,9,11,13-14H,2-4,7-8,10H2,1H3,(H,20,23)/t13-,14-/m1/s1. The fraction of sp³-hybridized carbons (Fsp3) is 0.556. The van der Waals surface area contributed by atoms with E-state index in [9.17, 15) is 9.18 Å². The van der Waals surface area contributed by atoms with Crippen molar-refractivity contribution in [1.29, 1.82) is 0 Å². The van der Waals surface area contributed by atoms with Gasteiger partial charge < -0.3 is 9.88 Å². The fourth-order valence-electron chi connectivity index (χ4n) is 3.77. The van der Waals surface area contributed by atoms with Crippen LogP contribution in [0.5, 0.6) is 0 Å². The molecule has 2 fully saturated rings. The van der Waals surface area contributed by atoms with Gasteiger partial charge in [0, 0.05) is 25.9 Å². The lowest BCUT2D eigenvalue weighted by atomic mass is 9.81. The van der Waals surface area contributed by atoms with Gasteiger partial charge in [-0.3, -0.25) is 4.79 Å². The normalized spacial score (nSPS) is 23.7. The minimum Gasteiger partial charge on any atom is -0.355 e. The van der Waals surface area contributed by atoms with E-state index in [1.807, 2.05) is 11.6 Å². The molecule has 0 aliphatic heterocycles. The van der Waals surface area contributed by atoms with Gasteiger partial charge in [-0.05, 0) is 36.5 Å². The Bertz CT molecular complexity index is 750. The minimum atomic E-state index is -0.254. The minimum absolute atomic E-state index is 0.201. The first-order chi connectivity index (χ1) is 11.1. The average molecular weight is 315 g/mol. The number of fused-ring (bicyclic) bond motifs is 1. The molecule has 4 nitrogen and oxygen atoms in total. The third-order valence-corrected chi connectivity index (χ3v) is 5.52. The van der Waals surface area contributed by atoms with Gasteiger partial charge in [-0.25, -0.2) is 9.37 Å². The molecule has 1 aromatic carbocycles. The van der Waals surface area contributed by atoms with Gasteiger partial charge in [0.2, 0.25) is 5.91 Å². The maximum atomic E-state index is 13.3. The lowest BCUT2D eigenvalue weighted by Crippen LogP contribution is -2.29. The Morgan fingerprint density at radius 3 is 3.00 bits per heavy atom. The molecule has 0 saturated heterocycles. The molecule has 0 bridgehead atoms. The number of aryl methyl sites for hydroxylation is 1. The number of carbonyl (C=O) groups excluding carboxylic acids is 1. The topological polar surface area (TPSA) is 46.9 Å². The maximum Gasteiger partial charge on any atom is 0.223 e. The second-order valence-electron chi connectivity index (χ2n) is 6.96. The second-order valence-corrected chi connectivity index (χ2v) is 6.96. The SMILES string of the molecule is Cn1c(CCNC(=O)[C@@H]2C[C@@H]2C2CCC2)nc2ccc(F)cc21. The summed E-state index contributed by atoms with van der Waals surface area (Å²) in [5.41, 5.74) is 1.58. The third-order valence-electron chi connectivity index (χ3n) is 5.52. The van der Waals surface area contributed by atoms with Gasteiger partial charge in [0.05, 0.1) is 11.0 Å². The summed E-state index contributed by atoms with van der Waals surface area (Å²) >= 11 is 0. The molecule has 1 heterocycles. The first kappa shape index (κ1) is 14.7. The molecule has 5 heteroatoms. The van der Waals surface area contributed by atoms with Crippen LogP contribution in [0.15, 0.2) is 18.2 Å². The molecule has 0 unspecified atom stereocenters. The summed E-state index contributed by atoms with van der Waals surface area (Å²) < 4.78 is 15.2. The van der Waals surface area contributed by atoms with E-state index >= 15 is 0 Å². The molecule has 0 spiro atoms. The van der Waals surface area contributed by atoms with Gasteiger partial charge in [0.25, 0.3) is 0 Å². The van der Waals surface area contributed by atoms with E-state index in [0.717, 1.165) is 29.2 Å². The van der Waals surface area contributed by atoms with Crippen LogP contribution >= 0.6 is 0 Å². The molecular formula is C18H22FN3O. The van der Waals surface area contributed by atoms with E-state index in [1.165, 1.54) is 31.4 Å². The molecule has 4 rings (SSSR count). The first-order valence-corrected chi connectivity index (χ1v) is 8.52. The number of aromatic nitrogens is 2. The van der Waals surface area contributed by atoms with Crippen LogP contribution in [-0.2, 0) is 18.3 Å². The van der Waals surface area contributed by atoms with Crippen molar-refractivity contribution in [1.82, 2.24) is 14.9 Å². The molecule has 2 aliphatic rings. The zero-order valence-corrected chi connectivity index (χ0v) is 13.4. The Morgan fingerprint density at radius 2 is 2.26 bits per heavy atom. The lowest BCUT2D eigenvalue weighted by molar-refractivity contribution is -0.122. The number of imidazole rings is 1. The molecule has 23 heavy (non-hydrogen) atoms. The first-order valence-electron chi connectivity index (χ1n) is 8.52. The summed E-state index contributed by atoms with van der Waals surface area (Å²) in [6, 6.07) is 4.62. The molecule has 2 aromatic rings. The summed E-state index contributed by atoms with van der Waals surface area (Å²) in [7, 11) is 1.89. The predicted molar refractivity (Wildman–Crippen MR) is 86.3 cm³/mol. The highest BCUT2D eigenvalue weighted by Crippen LogP contribution is 2.51. The van der Waals surface area contributed by atoms with Crippen molar-refractivity contribution < 1.29 is 9.18 Å². The van der Waals surface area contributed by atoms with Crippen LogP contribution < -0.4 is 5.32 Å². The molecule has 1 aromatic heterocycles. The summed E-state index contributed by atoms with van der Waals surface area (Å²) in [4.78, 5) is 16.7. The highest BCUT2D eigenvalue weighted by atomic mass is 19.1. The van der Waals surface area contributed by atoms with Crippen LogP contribution in [0.3, 0.4) is 0 Å². The second kappa shape index (κ2) is 5.62. The summed E-state index contributed by atoms with van der Waals surface area (Å²) in [5.74, 6) is 2.51. The van der Waals surface area contributed by atoms with Gasteiger partial charge in [0.1, 0.15) is 11.6 Å². The van der Waals surface area contributed by atoms with E-state index in [2.05, 4.69) is 10.3 Å². The van der Waals surface area contributed by atoms with E-state index in [0.29, 0.717) is 18.9 Å². The van der Waals surface area contributed by atoms with Crippen LogP contribution in [0.4, 0.5) is 4.39 Å². The summed E-state index contributed by atoms with van der Waals surface area (Å²) in [5, 5.41) is 3.04. The van der Waals surface area contributed by atoms with Gasteiger partial charge in [-0.15, -0.1) is 0 Å². The van der Waals surface area contributed by atoms with Crippen molar-refractivity contribution in [3.63, 3.8) is 0 Å². The molecule has 1 N–H and O–H groups in total. The van der Waals surface area contributed by atoms with E-state index in [4.69, 9.17) is 0 Å². The molecule has 122 valence electrons. The van der Waals surface area contributed by atoms with Crippen LogP contribution in [0, 0.1) is 23.6 Å². The molecule has 2 atom stereocenters. The number of amides is 1. The van der Waals surface area contributed by atoms with Crippen molar-refractivity contribution in [2.24, 2.45) is 24.8 Å². The summed E-state index contributed by atoms with van der Waals surface area (Å²) in [6.45, 7) is 0.590. The number of halogens is 1. The molecule has 2 aliphatic carbocycles. The number of hydrogen-bond acceptors (Lipinski definition) is 2. The number of rotatable bonds is 5. The molecular weight excluding hydrogens is 293 g/mol. The van der Waals surface area contributed by atoms with Crippen LogP contribution in [0.25, 0.3) is 11.0 Å². The number of carbonyl (C=O) groups is 1. The van der Waals surface area contributed by atoms with Crippen molar-refractivity contribution in [2.45, 2.75) is 32.1 Å². The van der Waals surface area contributed by atoms with Gasteiger partial charge in [-0.1, -0.05) is 19.3 Å². The Balaban J connectivity index is 1.33. The quantitative estimate of drug-likeness (QED) is 0.922. The van der Waals surface area contributed by atoms with Crippen molar-refractivity contribution in [3.05, 3.63) is 29.8 Å². The number of nitrogens with zero attached hydrogens (tertiary/aromatic N) is 2. The van der Waals surface area contributed by atoms with Crippen LogP contribution in [-0.4, -0.2) is 22.0 Å².